The summed E-state index contributed by atoms with van der Waals surface area (Å²) in [5, 5.41) is 13.5. The molecule has 182 valence electrons. The second kappa shape index (κ2) is 11.6. The van der Waals surface area contributed by atoms with Gasteiger partial charge in [-0.15, -0.1) is 0 Å². The summed E-state index contributed by atoms with van der Waals surface area (Å²) in [6.45, 7) is 4.00. The van der Waals surface area contributed by atoms with E-state index < -0.39 is 6.04 Å². The van der Waals surface area contributed by atoms with Crippen LogP contribution in [0.15, 0.2) is 72.8 Å². The van der Waals surface area contributed by atoms with Crippen molar-refractivity contribution >= 4 is 17.6 Å². The predicted octanol–water partition coefficient (Wildman–Crippen LogP) is 5.01. The van der Waals surface area contributed by atoms with Crippen molar-refractivity contribution in [3.63, 3.8) is 0 Å². The molecule has 1 aliphatic heterocycles. The minimum Gasteiger partial charge on any atom is -0.508 e. The maximum atomic E-state index is 13.2. The number of piperidine rings is 1. The fourth-order valence-corrected chi connectivity index (χ4v) is 4.55. The predicted molar refractivity (Wildman–Crippen MR) is 137 cm³/mol. The minimum atomic E-state index is -0.411. The van der Waals surface area contributed by atoms with E-state index in [4.69, 9.17) is 4.74 Å². The summed E-state index contributed by atoms with van der Waals surface area (Å²) < 4.78 is 5.03. The van der Waals surface area contributed by atoms with Crippen molar-refractivity contribution in [2.45, 2.75) is 38.6 Å². The molecule has 3 aromatic carbocycles. The van der Waals surface area contributed by atoms with Crippen LogP contribution in [-0.2, 0) is 16.0 Å². The van der Waals surface area contributed by atoms with Gasteiger partial charge >= 0.3 is 5.97 Å². The first-order valence-electron chi connectivity index (χ1n) is 12.2. The normalized spacial score (nSPS) is 14.3. The Balaban J connectivity index is 1.59. The Morgan fingerprint density at radius 2 is 1.69 bits per heavy atom. The molecular formula is C29H32N2O4. The van der Waals surface area contributed by atoms with Crippen LogP contribution in [-0.4, -0.2) is 36.7 Å². The zero-order valence-electron chi connectivity index (χ0n) is 20.1. The summed E-state index contributed by atoms with van der Waals surface area (Å²) in [5.41, 5.74) is 4.13. The van der Waals surface area contributed by atoms with Crippen molar-refractivity contribution < 1.29 is 19.4 Å². The fraction of sp³-hybridized carbons (Fsp3) is 0.310. The van der Waals surface area contributed by atoms with Gasteiger partial charge in [0.05, 0.1) is 24.6 Å². The number of ether oxygens (including phenoxy) is 1. The monoisotopic (exact) mass is 472 g/mol. The molecule has 1 aliphatic rings. The third-order valence-electron chi connectivity index (χ3n) is 6.29. The molecule has 1 fully saturated rings. The second-order valence-corrected chi connectivity index (χ2v) is 8.80. The Labute approximate surface area is 206 Å². The largest absolute Gasteiger partial charge is 0.508 e. The highest BCUT2D eigenvalue weighted by Gasteiger charge is 2.24. The Hall–Kier alpha value is -3.80. The number of phenols is 1. The number of hydrogen-bond donors (Lipinski definition) is 2. The first kappa shape index (κ1) is 24.3. The first-order chi connectivity index (χ1) is 17.0. The van der Waals surface area contributed by atoms with Gasteiger partial charge in [-0.3, -0.25) is 4.79 Å². The fourth-order valence-electron chi connectivity index (χ4n) is 4.55. The van der Waals surface area contributed by atoms with E-state index in [9.17, 15) is 14.7 Å². The van der Waals surface area contributed by atoms with Crippen LogP contribution >= 0.6 is 0 Å². The van der Waals surface area contributed by atoms with Gasteiger partial charge in [0.1, 0.15) is 5.75 Å². The van der Waals surface area contributed by atoms with Gasteiger partial charge in [0.15, 0.2) is 0 Å². The maximum Gasteiger partial charge on any atom is 0.338 e. The summed E-state index contributed by atoms with van der Waals surface area (Å²) in [7, 11) is 0. The average Bonchev–Trinajstić information content (AvgIpc) is 2.89. The second-order valence-electron chi connectivity index (χ2n) is 8.80. The summed E-state index contributed by atoms with van der Waals surface area (Å²) >= 11 is 0. The number of carbonyl (C=O) groups is 2. The standard InChI is InChI=1S/C29H32N2O4/c1-2-35-29(34)23-13-11-21(12-14-23)19-27(33)30-28(22-9-5-3-6-10-22)25-20-24(32)15-16-26(25)31-17-7-4-8-18-31/h3,5-6,9-16,20,28,32H,2,4,7-8,17-19H2,1H3,(H,30,33). The zero-order valence-corrected chi connectivity index (χ0v) is 20.1. The van der Waals surface area contributed by atoms with Crippen LogP contribution < -0.4 is 10.2 Å². The zero-order chi connectivity index (χ0) is 24.6. The van der Waals surface area contributed by atoms with Crippen molar-refractivity contribution in [3.8, 4) is 5.75 Å². The van der Waals surface area contributed by atoms with Crippen molar-refractivity contribution in [1.82, 2.24) is 5.32 Å². The van der Waals surface area contributed by atoms with Gasteiger partial charge in [-0.25, -0.2) is 4.79 Å². The number of phenolic OH excluding ortho intramolecular Hbond substituents is 1. The number of anilines is 1. The van der Waals surface area contributed by atoms with Crippen LogP contribution in [0.1, 0.15) is 59.3 Å². The van der Waals surface area contributed by atoms with E-state index in [1.807, 2.05) is 36.4 Å². The smallest absolute Gasteiger partial charge is 0.338 e. The van der Waals surface area contributed by atoms with E-state index >= 15 is 0 Å². The number of rotatable bonds is 8. The molecule has 2 N–H and O–H groups in total. The summed E-state index contributed by atoms with van der Waals surface area (Å²) in [6, 6.07) is 21.7. The number of benzene rings is 3. The molecule has 0 aromatic heterocycles. The molecular weight excluding hydrogens is 440 g/mol. The number of hydrogen-bond acceptors (Lipinski definition) is 5. The van der Waals surface area contributed by atoms with E-state index in [0.29, 0.717) is 12.2 Å². The molecule has 6 nitrogen and oxygen atoms in total. The van der Waals surface area contributed by atoms with E-state index in [2.05, 4.69) is 10.2 Å². The molecule has 1 unspecified atom stereocenters. The van der Waals surface area contributed by atoms with Gasteiger partial charge in [0, 0.05) is 24.3 Å². The number of aromatic hydroxyl groups is 1. The molecule has 0 aliphatic carbocycles. The van der Waals surface area contributed by atoms with Gasteiger partial charge in [0.25, 0.3) is 0 Å². The van der Waals surface area contributed by atoms with Gasteiger partial charge in [0.2, 0.25) is 5.91 Å². The summed E-state index contributed by atoms with van der Waals surface area (Å²) in [6.07, 6.45) is 3.65. The molecule has 35 heavy (non-hydrogen) atoms. The summed E-state index contributed by atoms with van der Waals surface area (Å²) in [5.74, 6) is -0.345. The van der Waals surface area contributed by atoms with Crippen LogP contribution in [0.25, 0.3) is 0 Å². The van der Waals surface area contributed by atoms with Crippen LogP contribution in [0.5, 0.6) is 5.75 Å². The first-order valence-corrected chi connectivity index (χ1v) is 12.2. The molecule has 0 bridgehead atoms. The lowest BCUT2D eigenvalue weighted by atomic mass is 9.95. The van der Waals surface area contributed by atoms with E-state index in [0.717, 1.165) is 48.3 Å². The van der Waals surface area contributed by atoms with Gasteiger partial charge < -0.3 is 20.1 Å². The van der Waals surface area contributed by atoms with E-state index in [1.54, 1.807) is 43.3 Å². The Bertz CT molecular complexity index is 1140. The highest BCUT2D eigenvalue weighted by molar-refractivity contribution is 5.89. The number of carbonyl (C=O) groups excluding carboxylic acids is 2. The molecule has 1 atom stereocenters. The van der Waals surface area contributed by atoms with Crippen LogP contribution in [0.3, 0.4) is 0 Å². The molecule has 3 aromatic rings. The molecule has 4 rings (SSSR count). The number of amides is 1. The van der Waals surface area contributed by atoms with Crippen molar-refractivity contribution in [2.75, 3.05) is 24.6 Å². The van der Waals surface area contributed by atoms with Crippen molar-refractivity contribution in [3.05, 3.63) is 95.1 Å². The van der Waals surface area contributed by atoms with Gasteiger partial charge in [-0.2, -0.15) is 0 Å². The maximum absolute atomic E-state index is 13.2. The molecule has 0 saturated carbocycles. The number of nitrogens with zero attached hydrogens (tertiary/aromatic N) is 1. The lowest BCUT2D eigenvalue weighted by Gasteiger charge is -2.33. The van der Waals surface area contributed by atoms with E-state index in [-0.39, 0.29) is 24.0 Å². The van der Waals surface area contributed by atoms with Crippen molar-refractivity contribution in [1.29, 1.82) is 0 Å². The lowest BCUT2D eigenvalue weighted by Crippen LogP contribution is -2.34. The lowest BCUT2D eigenvalue weighted by molar-refractivity contribution is -0.120. The highest BCUT2D eigenvalue weighted by Crippen LogP contribution is 2.35. The van der Waals surface area contributed by atoms with Crippen LogP contribution in [0, 0.1) is 0 Å². The third-order valence-corrected chi connectivity index (χ3v) is 6.29. The van der Waals surface area contributed by atoms with Gasteiger partial charge in [-0.1, -0.05) is 42.5 Å². The van der Waals surface area contributed by atoms with Crippen molar-refractivity contribution in [2.24, 2.45) is 0 Å². The SMILES string of the molecule is CCOC(=O)c1ccc(CC(=O)NC(c2ccccc2)c2cc(O)ccc2N2CCCCC2)cc1. The van der Waals surface area contributed by atoms with Gasteiger partial charge in [-0.05, 0) is 67.6 Å². The molecule has 0 spiro atoms. The molecule has 1 amide bonds. The van der Waals surface area contributed by atoms with Crippen LogP contribution in [0.4, 0.5) is 5.69 Å². The van der Waals surface area contributed by atoms with Crippen LogP contribution in [0.2, 0.25) is 0 Å². The number of nitrogens with one attached hydrogen (secondary N) is 1. The number of esters is 1. The van der Waals surface area contributed by atoms with E-state index in [1.165, 1.54) is 6.42 Å². The summed E-state index contributed by atoms with van der Waals surface area (Å²) in [4.78, 5) is 27.4. The molecule has 0 radical (unpaired) electrons. The quantitative estimate of drug-likeness (QED) is 0.451. The Kier molecular flexibility index (Phi) is 8.03. The molecule has 1 saturated heterocycles. The third kappa shape index (κ3) is 6.21. The molecule has 1 heterocycles. The molecule has 6 heteroatoms. The topological polar surface area (TPSA) is 78.9 Å². The highest BCUT2D eigenvalue weighted by atomic mass is 16.5. The Morgan fingerprint density at radius 3 is 2.37 bits per heavy atom. The minimum absolute atomic E-state index is 0.143. The Morgan fingerprint density at radius 1 is 0.971 bits per heavy atom. The average molecular weight is 473 g/mol.